The van der Waals surface area contributed by atoms with Crippen LogP contribution in [0.3, 0.4) is 0 Å². The molecule has 0 spiro atoms. The third kappa shape index (κ3) is 5.21. The van der Waals surface area contributed by atoms with E-state index in [4.69, 9.17) is 0 Å². The number of benzene rings is 2. The van der Waals surface area contributed by atoms with Crippen LogP contribution in [0.15, 0.2) is 57.9 Å². The third-order valence-electron chi connectivity index (χ3n) is 3.13. The summed E-state index contributed by atoms with van der Waals surface area (Å²) >= 11 is 5.01. The molecule has 0 amide bonds. The Bertz CT molecular complexity index is 599. The van der Waals surface area contributed by atoms with E-state index in [2.05, 4.69) is 40.2 Å². The highest BCUT2D eigenvalue weighted by molar-refractivity contribution is 9.10. The average Bonchev–Trinajstić information content (AvgIpc) is 2.48. The molecule has 2 aromatic carbocycles. The number of hydrogen-bond acceptors (Lipinski definition) is 2. The lowest BCUT2D eigenvalue weighted by molar-refractivity contribution is 0.0693. The Hall–Kier alpha value is -1.26. The Kier molecular flexibility index (Phi) is 6.33. The molecule has 0 radical (unpaired) electrons. The molecular weight excluding hydrogens is 348 g/mol. The van der Waals surface area contributed by atoms with Gasteiger partial charge in [-0.15, -0.1) is 11.8 Å². The molecule has 0 fully saturated rings. The van der Waals surface area contributed by atoms with E-state index in [1.807, 2.05) is 12.1 Å². The van der Waals surface area contributed by atoms with Crippen molar-refractivity contribution >= 4 is 33.7 Å². The van der Waals surface area contributed by atoms with Crippen LogP contribution in [0.2, 0.25) is 0 Å². The minimum absolute atomic E-state index is 0.381. The molecule has 0 aromatic heterocycles. The molecule has 0 bridgehead atoms. The highest BCUT2D eigenvalue weighted by atomic mass is 79.9. The van der Waals surface area contributed by atoms with E-state index in [-0.39, 0.29) is 0 Å². The third-order valence-corrected chi connectivity index (χ3v) is 4.77. The molecule has 2 aromatic rings. The van der Waals surface area contributed by atoms with Gasteiger partial charge in [0.1, 0.15) is 0 Å². The van der Waals surface area contributed by atoms with Gasteiger partial charge < -0.3 is 5.11 Å². The molecular formula is C17H17BrO2S. The number of rotatable bonds is 7. The van der Waals surface area contributed by atoms with Gasteiger partial charge in [0, 0.05) is 9.37 Å². The lowest BCUT2D eigenvalue weighted by Crippen LogP contribution is -1.99. The molecule has 4 heteroatoms. The highest BCUT2D eigenvalue weighted by Crippen LogP contribution is 2.27. The number of hydrogen-bond donors (Lipinski definition) is 1. The fourth-order valence-corrected chi connectivity index (χ4v) is 3.65. The van der Waals surface area contributed by atoms with Gasteiger partial charge in [0.25, 0.3) is 0 Å². The summed E-state index contributed by atoms with van der Waals surface area (Å²) < 4.78 is 0.916. The van der Waals surface area contributed by atoms with E-state index in [1.54, 1.807) is 23.9 Å². The van der Waals surface area contributed by atoms with Crippen molar-refractivity contribution in [2.24, 2.45) is 0 Å². The van der Waals surface area contributed by atoms with Crippen LogP contribution >= 0.6 is 27.7 Å². The summed E-state index contributed by atoms with van der Waals surface area (Å²) in [5.74, 6) is 0.0677. The van der Waals surface area contributed by atoms with Gasteiger partial charge in [0.2, 0.25) is 0 Å². The summed E-state index contributed by atoms with van der Waals surface area (Å²) in [6.45, 7) is 0. The molecule has 0 aliphatic heterocycles. The largest absolute Gasteiger partial charge is 0.478 e. The fourth-order valence-electron chi connectivity index (χ4n) is 2.05. The molecule has 1 N–H and O–H groups in total. The topological polar surface area (TPSA) is 37.3 Å². The van der Waals surface area contributed by atoms with Crippen LogP contribution in [-0.4, -0.2) is 16.8 Å². The van der Waals surface area contributed by atoms with Crippen LogP contribution in [-0.2, 0) is 6.42 Å². The summed E-state index contributed by atoms with van der Waals surface area (Å²) in [4.78, 5) is 12.0. The van der Waals surface area contributed by atoms with Gasteiger partial charge in [0.15, 0.2) is 0 Å². The van der Waals surface area contributed by atoms with E-state index < -0.39 is 5.97 Å². The number of halogens is 1. The molecule has 21 heavy (non-hydrogen) atoms. The zero-order chi connectivity index (χ0) is 15.1. The Morgan fingerprint density at radius 3 is 2.57 bits per heavy atom. The van der Waals surface area contributed by atoms with Crippen LogP contribution < -0.4 is 0 Å². The van der Waals surface area contributed by atoms with Crippen molar-refractivity contribution in [3.63, 3.8) is 0 Å². The van der Waals surface area contributed by atoms with Gasteiger partial charge in [-0.25, -0.2) is 4.79 Å². The predicted octanol–water partition coefficient (Wildman–Crippen LogP) is 5.26. The van der Waals surface area contributed by atoms with Crippen LogP contribution in [0.4, 0.5) is 0 Å². The van der Waals surface area contributed by atoms with Gasteiger partial charge >= 0.3 is 5.97 Å². The van der Waals surface area contributed by atoms with Crippen LogP contribution in [0.1, 0.15) is 28.8 Å². The number of aryl methyl sites for hydroxylation is 1. The normalized spacial score (nSPS) is 10.5. The monoisotopic (exact) mass is 364 g/mol. The van der Waals surface area contributed by atoms with Crippen molar-refractivity contribution in [2.75, 3.05) is 5.75 Å². The number of thioether (sulfide) groups is 1. The molecule has 0 unspecified atom stereocenters. The van der Waals surface area contributed by atoms with Crippen molar-refractivity contribution in [1.29, 1.82) is 0 Å². The summed E-state index contributed by atoms with van der Waals surface area (Å²) in [5.41, 5.74) is 1.74. The van der Waals surface area contributed by atoms with Crippen LogP contribution in [0.25, 0.3) is 0 Å². The second-order valence-electron chi connectivity index (χ2n) is 4.74. The summed E-state index contributed by atoms with van der Waals surface area (Å²) in [7, 11) is 0. The standard InChI is InChI=1S/C17H17BrO2S/c18-14-9-10-15(17(19)20)16(12-14)21-11-5-4-8-13-6-2-1-3-7-13/h1-3,6-7,9-10,12H,4-5,8,11H2,(H,19,20). The molecule has 2 nitrogen and oxygen atoms in total. The maximum atomic E-state index is 11.2. The minimum atomic E-state index is -0.866. The van der Waals surface area contributed by atoms with Crippen molar-refractivity contribution in [1.82, 2.24) is 0 Å². The summed E-state index contributed by atoms with van der Waals surface area (Å²) in [5, 5.41) is 9.18. The van der Waals surface area contributed by atoms with Crippen molar-refractivity contribution in [3.05, 3.63) is 64.1 Å². The first-order valence-corrected chi connectivity index (χ1v) is 8.64. The first kappa shape index (κ1) is 16.1. The van der Waals surface area contributed by atoms with E-state index >= 15 is 0 Å². The maximum absolute atomic E-state index is 11.2. The van der Waals surface area contributed by atoms with E-state index in [0.29, 0.717) is 5.56 Å². The summed E-state index contributed by atoms with van der Waals surface area (Å²) in [6.07, 6.45) is 3.27. The molecule has 0 aliphatic carbocycles. The Morgan fingerprint density at radius 2 is 1.86 bits per heavy atom. The SMILES string of the molecule is O=C(O)c1ccc(Br)cc1SCCCCc1ccccc1. The van der Waals surface area contributed by atoms with Crippen LogP contribution in [0, 0.1) is 0 Å². The quantitative estimate of drug-likeness (QED) is 0.537. The second kappa shape index (κ2) is 8.25. The van der Waals surface area contributed by atoms with Gasteiger partial charge in [0.05, 0.1) is 5.56 Å². The van der Waals surface area contributed by atoms with Crippen molar-refractivity contribution < 1.29 is 9.90 Å². The average molecular weight is 365 g/mol. The molecule has 0 aliphatic rings. The highest BCUT2D eigenvalue weighted by Gasteiger charge is 2.10. The molecule has 0 saturated heterocycles. The molecule has 2 rings (SSSR count). The number of carboxylic acids is 1. The van der Waals surface area contributed by atoms with Gasteiger partial charge in [-0.1, -0.05) is 46.3 Å². The van der Waals surface area contributed by atoms with Gasteiger partial charge in [-0.2, -0.15) is 0 Å². The van der Waals surface area contributed by atoms with Gasteiger partial charge in [-0.3, -0.25) is 0 Å². The predicted molar refractivity (Wildman–Crippen MR) is 91.2 cm³/mol. The van der Waals surface area contributed by atoms with E-state index in [1.165, 1.54) is 5.56 Å². The van der Waals surface area contributed by atoms with E-state index in [0.717, 1.165) is 34.4 Å². The number of carboxylic acid groups (broad SMARTS) is 1. The second-order valence-corrected chi connectivity index (χ2v) is 6.79. The smallest absolute Gasteiger partial charge is 0.336 e. The van der Waals surface area contributed by atoms with Gasteiger partial charge in [-0.05, 0) is 48.8 Å². The molecule has 0 heterocycles. The minimum Gasteiger partial charge on any atom is -0.478 e. The lowest BCUT2D eigenvalue weighted by Gasteiger charge is -2.06. The van der Waals surface area contributed by atoms with Crippen molar-refractivity contribution in [2.45, 2.75) is 24.2 Å². The molecule has 110 valence electrons. The molecule has 0 saturated carbocycles. The Morgan fingerprint density at radius 1 is 1.10 bits per heavy atom. The lowest BCUT2D eigenvalue weighted by atomic mass is 10.1. The van der Waals surface area contributed by atoms with Crippen LogP contribution in [0.5, 0.6) is 0 Å². The maximum Gasteiger partial charge on any atom is 0.336 e. The zero-order valence-corrected chi connectivity index (χ0v) is 14.0. The first-order valence-electron chi connectivity index (χ1n) is 6.86. The number of carbonyl (C=O) groups is 1. The van der Waals surface area contributed by atoms with E-state index in [9.17, 15) is 9.90 Å². The first-order chi connectivity index (χ1) is 10.2. The number of aromatic carboxylic acids is 1. The number of unbranched alkanes of at least 4 members (excludes halogenated alkanes) is 1. The fraction of sp³-hybridized carbons (Fsp3) is 0.235. The molecule has 0 atom stereocenters. The van der Waals surface area contributed by atoms with Crippen molar-refractivity contribution in [3.8, 4) is 0 Å². The summed E-state index contributed by atoms with van der Waals surface area (Å²) in [6, 6.07) is 15.7. The Balaban J connectivity index is 1.81. The Labute approximate surface area is 137 Å². The zero-order valence-electron chi connectivity index (χ0n) is 11.6.